The van der Waals surface area contributed by atoms with Crippen LogP contribution in [-0.4, -0.2) is 109 Å². The van der Waals surface area contributed by atoms with E-state index in [1.54, 1.807) is 0 Å². The van der Waals surface area contributed by atoms with Crippen molar-refractivity contribution in [1.29, 1.82) is 0 Å². The van der Waals surface area contributed by atoms with Crippen LogP contribution in [0.1, 0.15) is 193 Å². The van der Waals surface area contributed by atoms with Crippen LogP contribution in [0.2, 0.25) is 0 Å². The zero-order chi connectivity index (χ0) is 52.9. The number of hydrogen-bond acceptors (Lipinski definition) is 17. The van der Waals surface area contributed by atoms with Crippen molar-refractivity contribution in [2.75, 3.05) is 0 Å². The molecule has 16 N–H and O–H groups in total. The van der Waals surface area contributed by atoms with E-state index >= 15 is 0 Å². The van der Waals surface area contributed by atoms with Gasteiger partial charge in [0.05, 0.1) is 98.7 Å². The SMILES string of the molecule is C1CCC2C3NC(NC4NC(NC5NC(NC6NC(N3)C3CCCCC63)C3C(SC6CCCC7C8NC9NC(NC%10NC(NC%11NC(NC(N8)C67)C6CCCCC%116)C6CCCCC%106)C6CCCCC96)CCCC53)C3CCCCC43)C2C1. The van der Waals surface area contributed by atoms with Crippen LogP contribution >= 0.6 is 11.8 Å². The summed E-state index contributed by atoms with van der Waals surface area (Å²) in [5, 5.41) is 72.4. The fraction of sp³-hybridized carbons (Fsp3) is 1.00. The van der Waals surface area contributed by atoms with Gasteiger partial charge in [-0.2, -0.15) is 11.8 Å². The average molecular weight is 1140 g/mol. The zero-order valence-electron chi connectivity index (χ0n) is 49.3. The molecule has 0 spiro atoms. The van der Waals surface area contributed by atoms with Gasteiger partial charge in [0, 0.05) is 22.3 Å². The summed E-state index contributed by atoms with van der Waals surface area (Å²) in [6.07, 6.45) is 46.5. The van der Waals surface area contributed by atoms with Gasteiger partial charge >= 0.3 is 0 Å². The molecule has 81 heavy (non-hydrogen) atoms. The van der Waals surface area contributed by atoms with E-state index < -0.39 is 0 Å². The quantitative estimate of drug-likeness (QED) is 0.178. The topological polar surface area (TPSA) is 192 Å². The minimum Gasteiger partial charge on any atom is -0.286 e. The Bertz CT molecular complexity index is 2060. The molecular formula is C64H110N16S. The molecule has 0 aromatic rings. The van der Waals surface area contributed by atoms with Crippen molar-refractivity contribution in [1.82, 2.24) is 85.1 Å². The normalized spacial score (nSPS) is 59.1. The lowest BCUT2D eigenvalue weighted by atomic mass is 9.76. The second-order valence-corrected chi connectivity index (χ2v) is 33.0. The van der Waals surface area contributed by atoms with Crippen molar-refractivity contribution in [2.45, 2.75) is 302 Å². The first-order valence-electron chi connectivity index (χ1n) is 35.9. The molecule has 10 saturated heterocycles. The van der Waals surface area contributed by atoms with E-state index in [2.05, 4.69) is 96.8 Å². The lowest BCUT2D eigenvalue weighted by molar-refractivity contribution is 0.166. The van der Waals surface area contributed by atoms with Crippen LogP contribution in [0.15, 0.2) is 0 Å². The number of thioether (sulfide) groups is 1. The Morgan fingerprint density at radius 2 is 0.296 bits per heavy atom. The molecule has 34 unspecified atom stereocenters. The third kappa shape index (κ3) is 9.45. The van der Waals surface area contributed by atoms with Crippen LogP contribution in [0.3, 0.4) is 0 Å². The summed E-state index contributed by atoms with van der Waals surface area (Å²) in [6, 6.07) is 0. The highest BCUT2D eigenvalue weighted by molar-refractivity contribution is 8.00. The number of nitrogens with one attached hydrogen (secondary N) is 16. The van der Waals surface area contributed by atoms with Gasteiger partial charge < -0.3 is 0 Å². The molecule has 10 heterocycles. The molecule has 0 aromatic heterocycles. The number of rotatable bonds is 2. The predicted molar refractivity (Wildman–Crippen MR) is 320 cm³/mol. The molecule has 0 amide bonds. The van der Waals surface area contributed by atoms with E-state index in [1.807, 2.05) is 0 Å². The Morgan fingerprint density at radius 1 is 0.148 bits per heavy atom. The molecule has 16 bridgehead atoms. The van der Waals surface area contributed by atoms with E-state index in [-0.39, 0.29) is 0 Å². The van der Waals surface area contributed by atoms with Crippen LogP contribution in [0.4, 0.5) is 0 Å². The number of fused-ring (bicyclic) bond motifs is 40. The molecule has 34 atom stereocenters. The summed E-state index contributed by atoms with van der Waals surface area (Å²) in [5.41, 5.74) is 0. The third-order valence-corrected chi connectivity index (χ3v) is 29.8. The maximum Gasteiger partial charge on any atom is 0.0639 e. The van der Waals surface area contributed by atoms with Crippen molar-refractivity contribution in [2.24, 2.45) is 94.7 Å². The van der Waals surface area contributed by atoms with Crippen molar-refractivity contribution in [3.05, 3.63) is 0 Å². The molecule has 452 valence electrons. The van der Waals surface area contributed by atoms with Crippen LogP contribution in [0, 0.1) is 94.7 Å². The summed E-state index contributed by atoms with van der Waals surface area (Å²) in [4.78, 5) is 0. The smallest absolute Gasteiger partial charge is 0.0639 e. The van der Waals surface area contributed by atoms with Crippen LogP contribution in [0.5, 0.6) is 0 Å². The fourth-order valence-electron chi connectivity index (χ4n) is 24.5. The molecule has 10 aliphatic heterocycles. The first-order chi connectivity index (χ1) is 40.1. The Hall–Kier alpha value is -0.290. The molecule has 8 saturated carbocycles. The first kappa shape index (κ1) is 53.7. The van der Waals surface area contributed by atoms with Crippen LogP contribution < -0.4 is 85.1 Å². The predicted octanol–water partition coefficient (Wildman–Crippen LogP) is 4.92. The molecule has 18 rings (SSSR count). The molecule has 16 nitrogen and oxygen atoms in total. The van der Waals surface area contributed by atoms with Gasteiger partial charge in [-0.3, -0.25) is 85.1 Å². The molecule has 18 aliphatic rings. The van der Waals surface area contributed by atoms with Gasteiger partial charge in [0.25, 0.3) is 0 Å². The van der Waals surface area contributed by atoms with Crippen LogP contribution in [-0.2, 0) is 0 Å². The minimum absolute atomic E-state index is 0.292. The lowest BCUT2D eigenvalue weighted by Gasteiger charge is -2.44. The van der Waals surface area contributed by atoms with Gasteiger partial charge in [-0.25, -0.2) is 0 Å². The van der Waals surface area contributed by atoms with Gasteiger partial charge in [0.1, 0.15) is 0 Å². The molecule has 8 aliphatic carbocycles. The van der Waals surface area contributed by atoms with Crippen molar-refractivity contribution < 1.29 is 0 Å². The van der Waals surface area contributed by atoms with Crippen molar-refractivity contribution >= 4 is 11.8 Å². The van der Waals surface area contributed by atoms with E-state index in [0.29, 0.717) is 204 Å². The first-order valence-corrected chi connectivity index (χ1v) is 36.9. The Morgan fingerprint density at radius 3 is 0.481 bits per heavy atom. The minimum atomic E-state index is 0.292. The fourth-order valence-corrected chi connectivity index (χ4v) is 26.7. The second kappa shape index (κ2) is 22.3. The zero-order valence-corrected chi connectivity index (χ0v) is 50.1. The summed E-state index contributed by atoms with van der Waals surface area (Å²) < 4.78 is 0. The highest BCUT2D eigenvalue weighted by Gasteiger charge is 2.60. The molecule has 18 fully saturated rings. The summed E-state index contributed by atoms with van der Waals surface area (Å²) in [5.74, 6) is 10.7. The second-order valence-electron chi connectivity index (χ2n) is 31.5. The molecule has 0 aromatic carbocycles. The van der Waals surface area contributed by atoms with Gasteiger partial charge in [-0.15, -0.1) is 0 Å². The van der Waals surface area contributed by atoms with Crippen LogP contribution in [0.25, 0.3) is 0 Å². The maximum atomic E-state index is 4.60. The Kier molecular flexibility index (Phi) is 14.8. The number of hydrogen-bond donors (Lipinski definition) is 16. The maximum absolute atomic E-state index is 4.60. The standard InChI is InChI=1S/C64H110N16S/c1-3-17-33-31(15-1)49-65-51(33)69-55-39-23-9-11-25-41(39)59(73-55)77-63-47-43(61(79-63)75-57-37-21-7-5-19-35(37)53(67-49)71-57)27-13-29-45(47)81-46-30-14-28-44-48(46)64-78-60-42-26-12-10-24-40(42)56(74-60)70-52-34-18-4-2-16-32(34)50(66-52)68-54-36-20-6-8-22-38(36)58(72-54)76-62(44)80-64/h31-80H,1-30H2. The Balaban J connectivity index is 0.657. The van der Waals surface area contributed by atoms with Gasteiger partial charge in [-0.1, -0.05) is 89.9 Å². The van der Waals surface area contributed by atoms with E-state index in [4.69, 9.17) is 0 Å². The van der Waals surface area contributed by atoms with Crippen molar-refractivity contribution in [3.63, 3.8) is 0 Å². The van der Waals surface area contributed by atoms with Gasteiger partial charge in [0.2, 0.25) is 0 Å². The molecule has 0 radical (unpaired) electrons. The highest BCUT2D eigenvalue weighted by Crippen LogP contribution is 2.54. The third-order valence-electron chi connectivity index (χ3n) is 28.0. The lowest BCUT2D eigenvalue weighted by Crippen LogP contribution is -2.62. The van der Waals surface area contributed by atoms with Gasteiger partial charge in [-0.05, 0) is 186 Å². The van der Waals surface area contributed by atoms with E-state index in [1.165, 1.54) is 193 Å². The monoisotopic (exact) mass is 1130 g/mol. The van der Waals surface area contributed by atoms with E-state index in [0.717, 1.165) is 0 Å². The summed E-state index contributed by atoms with van der Waals surface area (Å²) >= 11 is 2.52. The summed E-state index contributed by atoms with van der Waals surface area (Å²) in [7, 11) is 0. The largest absolute Gasteiger partial charge is 0.286 e. The molecule has 17 heteroatoms. The van der Waals surface area contributed by atoms with E-state index in [9.17, 15) is 0 Å². The highest BCUT2D eigenvalue weighted by atomic mass is 32.2. The van der Waals surface area contributed by atoms with Gasteiger partial charge in [0.15, 0.2) is 0 Å². The summed E-state index contributed by atoms with van der Waals surface area (Å²) in [6.45, 7) is 0. The van der Waals surface area contributed by atoms with Crippen molar-refractivity contribution in [3.8, 4) is 0 Å². The molecular weight excluding hydrogens is 1020 g/mol. The average Bonchev–Trinajstić information content (AvgIpc) is 4.50. The Labute approximate surface area is 491 Å².